The van der Waals surface area contributed by atoms with Crippen molar-refractivity contribution in [1.29, 1.82) is 0 Å². The zero-order chi connectivity index (χ0) is 13.0. The van der Waals surface area contributed by atoms with Crippen molar-refractivity contribution in [3.05, 3.63) is 57.3 Å². The number of hydrogen-bond donors (Lipinski definition) is 1. The van der Waals surface area contributed by atoms with Gasteiger partial charge >= 0.3 is 0 Å². The first-order valence-corrected chi connectivity index (χ1v) is 7.30. The summed E-state index contributed by atoms with van der Waals surface area (Å²) in [5.41, 5.74) is 2.54. The Labute approximate surface area is 113 Å². The van der Waals surface area contributed by atoms with Crippen molar-refractivity contribution >= 4 is 11.3 Å². The van der Waals surface area contributed by atoms with Gasteiger partial charge in [-0.05, 0) is 43.0 Å². The maximum Gasteiger partial charge on any atom is 0.0503 e. The van der Waals surface area contributed by atoms with Gasteiger partial charge in [-0.2, -0.15) is 0 Å². The number of rotatable bonds is 5. The van der Waals surface area contributed by atoms with Gasteiger partial charge in [0.25, 0.3) is 0 Å². The third-order valence-corrected chi connectivity index (χ3v) is 4.61. The Morgan fingerprint density at radius 1 is 1.11 bits per heavy atom. The van der Waals surface area contributed by atoms with Gasteiger partial charge in [0.05, 0.1) is 6.61 Å². The quantitative estimate of drug-likeness (QED) is 0.863. The van der Waals surface area contributed by atoms with Crippen molar-refractivity contribution in [1.82, 2.24) is 0 Å². The van der Waals surface area contributed by atoms with Gasteiger partial charge < -0.3 is 5.11 Å². The lowest BCUT2D eigenvalue weighted by Crippen LogP contribution is -2.08. The largest absolute Gasteiger partial charge is 0.396 e. The molecule has 0 aliphatic carbocycles. The summed E-state index contributed by atoms with van der Waals surface area (Å²) < 4.78 is 0. The van der Waals surface area contributed by atoms with Crippen molar-refractivity contribution in [2.24, 2.45) is 0 Å². The van der Waals surface area contributed by atoms with E-state index in [1.54, 1.807) is 0 Å². The van der Waals surface area contributed by atoms with Crippen LogP contribution in [0.25, 0.3) is 0 Å². The van der Waals surface area contributed by atoms with Gasteiger partial charge in [-0.15, -0.1) is 11.3 Å². The molecule has 0 aliphatic rings. The molecule has 0 amide bonds. The first-order chi connectivity index (χ1) is 8.74. The van der Waals surface area contributed by atoms with Crippen LogP contribution in [0.15, 0.2) is 36.4 Å². The van der Waals surface area contributed by atoms with Crippen LogP contribution in [0.4, 0.5) is 0 Å². The molecular weight excluding hydrogens is 240 g/mol. The van der Waals surface area contributed by atoms with Crippen LogP contribution in [0.1, 0.15) is 33.7 Å². The molecule has 0 aliphatic heterocycles. The van der Waals surface area contributed by atoms with Crippen LogP contribution < -0.4 is 0 Å². The monoisotopic (exact) mass is 260 g/mol. The molecule has 0 bridgehead atoms. The van der Waals surface area contributed by atoms with Gasteiger partial charge in [0.1, 0.15) is 0 Å². The maximum atomic E-state index is 9.63. The predicted octanol–water partition coefficient (Wildman–Crippen LogP) is 3.94. The van der Waals surface area contributed by atoms with E-state index in [1.807, 2.05) is 17.4 Å². The van der Waals surface area contributed by atoms with E-state index >= 15 is 0 Å². The van der Waals surface area contributed by atoms with Crippen LogP contribution >= 0.6 is 11.3 Å². The molecule has 0 radical (unpaired) electrons. The second kappa shape index (κ2) is 6.17. The first kappa shape index (κ1) is 13.3. The summed E-state index contributed by atoms with van der Waals surface area (Å²) >= 11 is 1.87. The van der Waals surface area contributed by atoms with Gasteiger partial charge in [0, 0.05) is 15.7 Å². The van der Waals surface area contributed by atoms with Crippen LogP contribution in [0, 0.1) is 6.92 Å². The highest BCUT2D eigenvalue weighted by molar-refractivity contribution is 7.11. The Hall–Kier alpha value is -1.12. The number of aliphatic hydroxyl groups excluding tert-OH is 1. The summed E-state index contributed by atoms with van der Waals surface area (Å²) in [6.07, 6.45) is 2.03. The van der Waals surface area contributed by atoms with Crippen molar-refractivity contribution in [3.8, 4) is 0 Å². The zero-order valence-corrected chi connectivity index (χ0v) is 11.8. The molecule has 0 fully saturated rings. The lowest BCUT2D eigenvalue weighted by molar-refractivity contribution is 0.264. The van der Waals surface area contributed by atoms with E-state index in [2.05, 4.69) is 44.2 Å². The van der Waals surface area contributed by atoms with Crippen LogP contribution in [0.2, 0.25) is 0 Å². The average Bonchev–Trinajstić information content (AvgIpc) is 2.85. The molecule has 96 valence electrons. The fourth-order valence-corrected chi connectivity index (χ4v) is 3.32. The Kier molecular flexibility index (Phi) is 4.56. The zero-order valence-electron chi connectivity index (χ0n) is 11.0. The fourth-order valence-electron chi connectivity index (χ4n) is 2.28. The fraction of sp³-hybridized carbons (Fsp3) is 0.375. The summed E-state index contributed by atoms with van der Waals surface area (Å²) in [6, 6.07) is 12.7. The highest BCUT2D eigenvalue weighted by Gasteiger charge is 2.14. The van der Waals surface area contributed by atoms with E-state index in [0.717, 1.165) is 12.8 Å². The molecule has 2 heteroatoms. The number of thiophene rings is 1. The highest BCUT2D eigenvalue weighted by atomic mass is 32.1. The number of benzene rings is 1. The van der Waals surface area contributed by atoms with Gasteiger partial charge in [0.15, 0.2) is 0 Å². The van der Waals surface area contributed by atoms with Crippen LogP contribution in [0.5, 0.6) is 0 Å². The van der Waals surface area contributed by atoms with Crippen molar-refractivity contribution < 1.29 is 5.11 Å². The Morgan fingerprint density at radius 2 is 1.83 bits per heavy atom. The maximum absolute atomic E-state index is 9.63. The number of aryl methyl sites for hydroxylation is 2. The van der Waals surface area contributed by atoms with E-state index < -0.39 is 0 Å². The van der Waals surface area contributed by atoms with E-state index in [9.17, 15) is 5.11 Å². The summed E-state index contributed by atoms with van der Waals surface area (Å²) in [5, 5.41) is 9.63. The summed E-state index contributed by atoms with van der Waals surface area (Å²) in [7, 11) is 0. The van der Waals surface area contributed by atoms with E-state index in [-0.39, 0.29) is 12.5 Å². The molecule has 18 heavy (non-hydrogen) atoms. The first-order valence-electron chi connectivity index (χ1n) is 6.48. The normalized spacial score (nSPS) is 12.6. The lowest BCUT2D eigenvalue weighted by atomic mass is 9.92. The molecule has 1 N–H and O–H groups in total. The highest BCUT2D eigenvalue weighted by Crippen LogP contribution is 2.27. The third-order valence-electron chi connectivity index (χ3n) is 3.36. The molecule has 1 aromatic heterocycles. The molecular formula is C16H20OS. The van der Waals surface area contributed by atoms with Crippen LogP contribution in [0.3, 0.4) is 0 Å². The molecule has 1 nitrogen and oxygen atoms in total. The van der Waals surface area contributed by atoms with Crippen molar-refractivity contribution in [3.63, 3.8) is 0 Å². The topological polar surface area (TPSA) is 20.2 Å². The minimum Gasteiger partial charge on any atom is -0.396 e. The van der Waals surface area contributed by atoms with Gasteiger partial charge in [-0.1, -0.05) is 31.2 Å². The van der Waals surface area contributed by atoms with Crippen LogP contribution in [-0.4, -0.2) is 11.7 Å². The second-order valence-electron chi connectivity index (χ2n) is 4.66. The van der Waals surface area contributed by atoms with E-state index in [4.69, 9.17) is 0 Å². The summed E-state index contributed by atoms with van der Waals surface area (Å²) in [5.74, 6) is 0.217. The molecule has 2 aromatic rings. The molecule has 0 spiro atoms. The smallest absolute Gasteiger partial charge is 0.0503 e. The van der Waals surface area contributed by atoms with E-state index in [1.165, 1.54) is 20.9 Å². The number of aliphatic hydroxyl groups is 1. The van der Waals surface area contributed by atoms with Gasteiger partial charge in [0.2, 0.25) is 0 Å². The van der Waals surface area contributed by atoms with Crippen molar-refractivity contribution in [2.45, 2.75) is 32.6 Å². The predicted molar refractivity (Wildman–Crippen MR) is 78.4 cm³/mol. The Balaban J connectivity index is 2.17. The van der Waals surface area contributed by atoms with Gasteiger partial charge in [-0.3, -0.25) is 0 Å². The molecule has 1 unspecified atom stereocenters. The summed E-state index contributed by atoms with van der Waals surface area (Å²) in [4.78, 5) is 2.79. The minimum atomic E-state index is 0.213. The Bertz CT molecular complexity index is 501. The lowest BCUT2D eigenvalue weighted by Gasteiger charge is -2.16. The molecule has 1 atom stereocenters. The SMILES string of the molecule is CCc1ccc(CC(CO)c2ccccc2C)s1. The van der Waals surface area contributed by atoms with Crippen molar-refractivity contribution in [2.75, 3.05) is 6.61 Å². The van der Waals surface area contributed by atoms with Gasteiger partial charge in [-0.25, -0.2) is 0 Å². The molecule has 1 aromatic carbocycles. The second-order valence-corrected chi connectivity index (χ2v) is 5.91. The minimum absolute atomic E-state index is 0.213. The number of hydrogen-bond acceptors (Lipinski definition) is 2. The molecule has 2 rings (SSSR count). The molecule has 0 saturated carbocycles. The third kappa shape index (κ3) is 3.01. The molecule has 0 saturated heterocycles. The average molecular weight is 260 g/mol. The van der Waals surface area contributed by atoms with E-state index in [0.29, 0.717) is 0 Å². The van der Waals surface area contributed by atoms with Crippen LogP contribution in [-0.2, 0) is 12.8 Å². The molecule has 1 heterocycles. The Morgan fingerprint density at radius 3 is 2.44 bits per heavy atom. The summed E-state index contributed by atoms with van der Waals surface area (Å²) in [6.45, 7) is 4.51. The standard InChI is InChI=1S/C16H20OS/c1-3-14-8-9-15(18-14)10-13(11-17)16-7-5-4-6-12(16)2/h4-9,13,17H,3,10-11H2,1-2H3.